The highest BCUT2D eigenvalue weighted by Crippen LogP contribution is 2.39. The molecule has 0 aliphatic rings. The molecule has 7 nitrogen and oxygen atoms in total. The van der Waals surface area contributed by atoms with E-state index in [1.807, 2.05) is 36.4 Å². The summed E-state index contributed by atoms with van der Waals surface area (Å²) in [5.41, 5.74) is 16.5. The molecule has 32 heavy (non-hydrogen) atoms. The van der Waals surface area contributed by atoms with Gasteiger partial charge in [0, 0.05) is 22.2 Å². The van der Waals surface area contributed by atoms with Gasteiger partial charge in [-0.2, -0.15) is 0 Å². The average Bonchev–Trinajstić information content (AvgIpc) is 3.17. The van der Waals surface area contributed by atoms with Crippen LogP contribution in [0.2, 0.25) is 0 Å². The van der Waals surface area contributed by atoms with Gasteiger partial charge in [-0.05, 0) is 67.3 Å². The minimum absolute atomic E-state index is 0.178. The summed E-state index contributed by atoms with van der Waals surface area (Å²) in [4.78, 5) is 16.1. The molecule has 7 heteroatoms. The zero-order valence-electron chi connectivity index (χ0n) is 19.3. The number of ether oxygens (including phenoxy) is 2. The Morgan fingerprint density at radius 2 is 1.81 bits per heavy atom. The second-order valence-electron chi connectivity index (χ2n) is 8.28. The molecule has 0 radical (unpaired) electrons. The summed E-state index contributed by atoms with van der Waals surface area (Å²) < 4.78 is 10.9. The number of amides is 1. The van der Waals surface area contributed by atoms with E-state index in [-0.39, 0.29) is 11.8 Å². The van der Waals surface area contributed by atoms with E-state index in [0.717, 1.165) is 40.7 Å². The predicted molar refractivity (Wildman–Crippen MR) is 130 cm³/mol. The largest absolute Gasteiger partial charge is 0.493 e. The number of fused-ring (bicyclic) bond motifs is 1. The Bertz CT molecular complexity index is 1070. The average molecular weight is 439 g/mol. The maximum atomic E-state index is 12.5. The SMILES string of the molecule is COc1ccc(-c2[nH]c3ccc(NC(=O)C(N)CCCCN)cc3c2C(C)C)cc1OC. The van der Waals surface area contributed by atoms with E-state index in [9.17, 15) is 4.79 Å². The molecule has 1 aromatic heterocycles. The Labute approximate surface area is 189 Å². The van der Waals surface area contributed by atoms with Gasteiger partial charge < -0.3 is 31.2 Å². The van der Waals surface area contributed by atoms with Crippen LogP contribution in [0, 0.1) is 0 Å². The summed E-state index contributed by atoms with van der Waals surface area (Å²) in [5, 5.41) is 4.03. The zero-order chi connectivity index (χ0) is 23.3. The third kappa shape index (κ3) is 5.06. The van der Waals surface area contributed by atoms with Crippen molar-refractivity contribution in [2.45, 2.75) is 45.1 Å². The lowest BCUT2D eigenvalue weighted by Crippen LogP contribution is -2.35. The summed E-state index contributed by atoms with van der Waals surface area (Å²) in [6.45, 7) is 4.93. The molecule has 0 spiro atoms. The third-order valence-corrected chi connectivity index (χ3v) is 5.66. The van der Waals surface area contributed by atoms with E-state index < -0.39 is 6.04 Å². The third-order valence-electron chi connectivity index (χ3n) is 5.66. The van der Waals surface area contributed by atoms with E-state index in [2.05, 4.69) is 24.1 Å². The van der Waals surface area contributed by atoms with Crippen molar-refractivity contribution in [2.75, 3.05) is 26.1 Å². The molecule has 1 atom stereocenters. The van der Waals surface area contributed by atoms with Crippen LogP contribution in [-0.4, -0.2) is 37.7 Å². The predicted octanol–water partition coefficient (Wildman–Crippen LogP) is 4.37. The Morgan fingerprint density at radius 3 is 2.47 bits per heavy atom. The van der Waals surface area contributed by atoms with Gasteiger partial charge in [-0.25, -0.2) is 0 Å². The first-order valence-corrected chi connectivity index (χ1v) is 11.0. The van der Waals surface area contributed by atoms with Gasteiger partial charge in [0.15, 0.2) is 11.5 Å². The lowest BCUT2D eigenvalue weighted by molar-refractivity contribution is -0.117. The highest BCUT2D eigenvalue weighted by atomic mass is 16.5. The van der Waals surface area contributed by atoms with Crippen LogP contribution in [0.3, 0.4) is 0 Å². The fourth-order valence-electron chi connectivity index (χ4n) is 3.98. The number of carbonyl (C=O) groups is 1. The van der Waals surface area contributed by atoms with Crippen LogP contribution in [0.1, 0.15) is 44.6 Å². The fourth-order valence-corrected chi connectivity index (χ4v) is 3.98. The minimum Gasteiger partial charge on any atom is -0.493 e. The molecule has 0 fully saturated rings. The van der Waals surface area contributed by atoms with E-state index in [1.54, 1.807) is 14.2 Å². The highest BCUT2D eigenvalue weighted by molar-refractivity contribution is 5.99. The number of hydrogen-bond donors (Lipinski definition) is 4. The fraction of sp³-hybridized carbons (Fsp3) is 0.400. The number of hydrogen-bond acceptors (Lipinski definition) is 5. The number of methoxy groups -OCH3 is 2. The van der Waals surface area contributed by atoms with Crippen molar-refractivity contribution in [2.24, 2.45) is 11.5 Å². The van der Waals surface area contributed by atoms with Crippen LogP contribution in [0.5, 0.6) is 11.5 Å². The molecule has 2 aromatic carbocycles. The summed E-state index contributed by atoms with van der Waals surface area (Å²) in [7, 11) is 3.26. The lowest BCUT2D eigenvalue weighted by Gasteiger charge is -2.13. The number of H-pyrrole nitrogens is 1. The summed E-state index contributed by atoms with van der Waals surface area (Å²) in [5.74, 6) is 1.45. The number of aromatic nitrogens is 1. The van der Waals surface area contributed by atoms with Gasteiger partial charge in [0.2, 0.25) is 5.91 Å². The molecule has 1 heterocycles. The zero-order valence-corrected chi connectivity index (χ0v) is 19.3. The maximum absolute atomic E-state index is 12.5. The highest BCUT2D eigenvalue weighted by Gasteiger charge is 2.19. The van der Waals surface area contributed by atoms with Gasteiger partial charge >= 0.3 is 0 Å². The second kappa shape index (κ2) is 10.5. The molecule has 0 bridgehead atoms. The van der Waals surface area contributed by atoms with E-state index in [0.29, 0.717) is 24.5 Å². The summed E-state index contributed by atoms with van der Waals surface area (Å²) in [6, 6.07) is 11.2. The first kappa shape index (κ1) is 23.6. The monoisotopic (exact) mass is 438 g/mol. The summed E-state index contributed by atoms with van der Waals surface area (Å²) >= 11 is 0. The number of aromatic amines is 1. The van der Waals surface area contributed by atoms with E-state index in [4.69, 9.17) is 20.9 Å². The van der Waals surface area contributed by atoms with Crippen LogP contribution in [0.25, 0.3) is 22.2 Å². The van der Waals surface area contributed by atoms with Crippen LogP contribution in [0.4, 0.5) is 5.69 Å². The van der Waals surface area contributed by atoms with Gasteiger partial charge in [0.1, 0.15) is 0 Å². The first-order valence-electron chi connectivity index (χ1n) is 11.0. The Kier molecular flexibility index (Phi) is 7.77. The Balaban J connectivity index is 1.95. The lowest BCUT2D eigenvalue weighted by atomic mass is 9.95. The van der Waals surface area contributed by atoms with Crippen molar-refractivity contribution in [1.82, 2.24) is 4.98 Å². The van der Waals surface area contributed by atoms with Gasteiger partial charge in [-0.15, -0.1) is 0 Å². The van der Waals surface area contributed by atoms with Gasteiger partial charge in [0.25, 0.3) is 0 Å². The molecular weight excluding hydrogens is 404 g/mol. The van der Waals surface area contributed by atoms with Crippen LogP contribution >= 0.6 is 0 Å². The standard InChI is InChI=1S/C25H34N4O3/c1-15(2)23-18-14-17(28-25(30)19(27)7-5-6-12-26)9-10-20(18)29-24(23)16-8-11-21(31-3)22(13-16)32-4/h8-11,13-15,19,29H,5-7,12,26-27H2,1-4H3,(H,28,30). The number of nitrogens with two attached hydrogens (primary N) is 2. The number of benzene rings is 2. The molecular formula is C25H34N4O3. The quantitative estimate of drug-likeness (QED) is 0.351. The number of nitrogens with one attached hydrogen (secondary N) is 2. The van der Waals surface area contributed by atoms with Crippen molar-refractivity contribution in [3.63, 3.8) is 0 Å². The molecule has 1 amide bonds. The molecule has 0 aliphatic heterocycles. The van der Waals surface area contributed by atoms with Crippen molar-refractivity contribution < 1.29 is 14.3 Å². The number of unbranched alkanes of at least 4 members (excludes halogenated alkanes) is 1. The van der Waals surface area contributed by atoms with Crippen molar-refractivity contribution in [1.29, 1.82) is 0 Å². The Morgan fingerprint density at radius 1 is 1.06 bits per heavy atom. The Hall–Kier alpha value is -3.03. The molecule has 172 valence electrons. The smallest absolute Gasteiger partial charge is 0.241 e. The summed E-state index contributed by atoms with van der Waals surface area (Å²) in [6.07, 6.45) is 2.33. The number of anilines is 1. The molecule has 6 N–H and O–H groups in total. The normalized spacial score (nSPS) is 12.2. The molecule has 3 aromatic rings. The van der Waals surface area contributed by atoms with E-state index >= 15 is 0 Å². The van der Waals surface area contributed by atoms with Crippen LogP contribution in [-0.2, 0) is 4.79 Å². The first-order chi connectivity index (χ1) is 15.4. The molecule has 1 unspecified atom stereocenters. The minimum atomic E-state index is -0.546. The second-order valence-corrected chi connectivity index (χ2v) is 8.28. The molecule has 0 saturated carbocycles. The van der Waals surface area contributed by atoms with Gasteiger partial charge in [-0.3, -0.25) is 4.79 Å². The van der Waals surface area contributed by atoms with Crippen LogP contribution in [0.15, 0.2) is 36.4 Å². The molecule has 0 saturated heterocycles. The van der Waals surface area contributed by atoms with Crippen LogP contribution < -0.4 is 26.3 Å². The van der Waals surface area contributed by atoms with Crippen molar-refractivity contribution >= 4 is 22.5 Å². The number of carbonyl (C=O) groups excluding carboxylic acids is 1. The maximum Gasteiger partial charge on any atom is 0.241 e. The molecule has 0 aliphatic carbocycles. The van der Waals surface area contributed by atoms with Gasteiger partial charge in [0.05, 0.1) is 26.0 Å². The van der Waals surface area contributed by atoms with E-state index in [1.165, 1.54) is 5.56 Å². The van der Waals surface area contributed by atoms with Gasteiger partial charge in [-0.1, -0.05) is 20.3 Å². The number of rotatable bonds is 10. The van der Waals surface area contributed by atoms with Crippen molar-refractivity contribution in [3.05, 3.63) is 42.0 Å². The van der Waals surface area contributed by atoms with Crippen molar-refractivity contribution in [3.8, 4) is 22.8 Å². The molecule has 3 rings (SSSR count). The topological polar surface area (TPSA) is 115 Å².